The maximum Gasteiger partial charge on any atom is 2.00 e. The zero-order valence-corrected chi connectivity index (χ0v) is 9.37. The molecule has 0 saturated carbocycles. The Morgan fingerprint density at radius 1 is 0.857 bits per heavy atom. The first-order valence-corrected chi connectivity index (χ1v) is 4.93. The first-order valence-electron chi connectivity index (χ1n) is 4.93. The third-order valence-corrected chi connectivity index (χ3v) is 1.88. The van der Waals surface area contributed by atoms with Crippen LogP contribution in [0.25, 0.3) is 0 Å². The maximum absolute atomic E-state index is 3.18. The molecular weight excluding hydrogens is 215 g/mol. The monoisotopic (exact) mass is 231 g/mol. The summed E-state index contributed by atoms with van der Waals surface area (Å²) < 4.78 is 0. The van der Waals surface area contributed by atoms with E-state index in [1.54, 1.807) is 0 Å². The normalized spacial score (nSPS) is 17.7. The van der Waals surface area contributed by atoms with E-state index in [2.05, 4.69) is 30.4 Å². The SMILES string of the molecule is [C-]1=CC=CC1.[C-]1=CC=CCCCC1.[Co+2]. The number of rotatable bonds is 0. The minimum absolute atomic E-state index is 0. The van der Waals surface area contributed by atoms with Crippen LogP contribution in [0.5, 0.6) is 0 Å². The smallest absolute Gasteiger partial charge is 0.275 e. The molecule has 14 heavy (non-hydrogen) atoms. The van der Waals surface area contributed by atoms with Gasteiger partial charge in [-0.25, -0.2) is 24.3 Å². The van der Waals surface area contributed by atoms with E-state index < -0.39 is 0 Å². The van der Waals surface area contributed by atoms with Gasteiger partial charge in [0.05, 0.1) is 0 Å². The van der Waals surface area contributed by atoms with Crippen molar-refractivity contribution in [2.45, 2.75) is 32.1 Å². The molecule has 2 rings (SSSR count). The van der Waals surface area contributed by atoms with Gasteiger partial charge in [0.25, 0.3) is 0 Å². The number of allylic oxidation sites excluding steroid dienone is 8. The fourth-order valence-corrected chi connectivity index (χ4v) is 1.15. The van der Waals surface area contributed by atoms with E-state index in [0.29, 0.717) is 0 Å². The molecule has 0 unspecified atom stereocenters. The second kappa shape index (κ2) is 10.5. The van der Waals surface area contributed by atoms with Gasteiger partial charge in [0.15, 0.2) is 0 Å². The summed E-state index contributed by atoms with van der Waals surface area (Å²) in [6, 6.07) is 0. The van der Waals surface area contributed by atoms with Crippen molar-refractivity contribution in [1.29, 1.82) is 0 Å². The molecule has 0 saturated heterocycles. The fourth-order valence-electron chi connectivity index (χ4n) is 1.15. The molecule has 0 heterocycles. The van der Waals surface area contributed by atoms with E-state index in [1.165, 1.54) is 19.3 Å². The van der Waals surface area contributed by atoms with Crippen molar-refractivity contribution in [3.8, 4) is 0 Å². The van der Waals surface area contributed by atoms with E-state index in [4.69, 9.17) is 0 Å². The molecule has 1 heteroatoms. The van der Waals surface area contributed by atoms with Gasteiger partial charge in [-0.05, 0) is 0 Å². The largest absolute Gasteiger partial charge is 2.00 e. The van der Waals surface area contributed by atoms with Crippen LogP contribution in [0.15, 0.2) is 36.5 Å². The molecule has 0 aliphatic heterocycles. The Morgan fingerprint density at radius 2 is 1.64 bits per heavy atom. The molecular formula is C13H16Co. The van der Waals surface area contributed by atoms with Crippen molar-refractivity contribution in [3.05, 3.63) is 48.6 Å². The number of hydrogen-bond donors (Lipinski definition) is 0. The van der Waals surface area contributed by atoms with Crippen LogP contribution in [0.2, 0.25) is 0 Å². The topological polar surface area (TPSA) is 0 Å². The molecule has 0 bridgehead atoms. The standard InChI is InChI=1S/C8H11.C5H5.Co/c1-2-4-6-8-7-5-3-1;1-2-4-5-3-1;/h1-3H,4,6-8H2;1-3H,4H2;/q2*-1;+2. The molecule has 0 amide bonds. The van der Waals surface area contributed by atoms with Crippen LogP contribution < -0.4 is 0 Å². The molecule has 0 aromatic rings. The van der Waals surface area contributed by atoms with Crippen molar-refractivity contribution in [1.82, 2.24) is 0 Å². The van der Waals surface area contributed by atoms with Gasteiger partial charge in [0, 0.05) is 0 Å². The summed E-state index contributed by atoms with van der Waals surface area (Å²) in [4.78, 5) is 0. The Morgan fingerprint density at radius 3 is 2.29 bits per heavy atom. The quantitative estimate of drug-likeness (QED) is 0.556. The Labute approximate surface area is 97.7 Å². The zero-order chi connectivity index (χ0) is 9.19. The summed E-state index contributed by atoms with van der Waals surface area (Å²) >= 11 is 0. The third kappa shape index (κ3) is 8.08. The second-order valence-corrected chi connectivity index (χ2v) is 3.05. The summed E-state index contributed by atoms with van der Waals surface area (Å²) in [6.07, 6.45) is 24.5. The fraction of sp³-hybridized carbons (Fsp3) is 0.385. The van der Waals surface area contributed by atoms with Gasteiger partial charge in [-0.2, -0.15) is 12.2 Å². The van der Waals surface area contributed by atoms with Crippen molar-refractivity contribution < 1.29 is 16.8 Å². The summed E-state index contributed by atoms with van der Waals surface area (Å²) in [5, 5.41) is 0. The van der Waals surface area contributed by atoms with Gasteiger partial charge in [-0.15, -0.1) is 12.8 Å². The van der Waals surface area contributed by atoms with Crippen molar-refractivity contribution >= 4 is 0 Å². The first kappa shape index (κ1) is 13.5. The molecule has 0 fully saturated rings. The van der Waals surface area contributed by atoms with Crippen molar-refractivity contribution in [3.63, 3.8) is 0 Å². The second-order valence-electron chi connectivity index (χ2n) is 3.05. The summed E-state index contributed by atoms with van der Waals surface area (Å²) in [5.41, 5.74) is 0. The predicted molar refractivity (Wildman–Crippen MR) is 57.0 cm³/mol. The Bertz CT molecular complexity index is 197. The van der Waals surface area contributed by atoms with E-state index in [9.17, 15) is 0 Å². The maximum atomic E-state index is 3.18. The van der Waals surface area contributed by atoms with Crippen LogP contribution in [0.1, 0.15) is 32.1 Å². The molecule has 2 aliphatic carbocycles. The molecule has 0 N–H and O–H groups in total. The van der Waals surface area contributed by atoms with Crippen LogP contribution in [0.3, 0.4) is 0 Å². The molecule has 0 nitrogen and oxygen atoms in total. The van der Waals surface area contributed by atoms with Gasteiger partial charge < -0.3 is 0 Å². The summed E-state index contributed by atoms with van der Waals surface area (Å²) in [6.45, 7) is 0. The minimum atomic E-state index is 0. The zero-order valence-electron chi connectivity index (χ0n) is 8.33. The Kier molecular flexibility index (Phi) is 10.1. The molecule has 0 atom stereocenters. The molecule has 0 aromatic carbocycles. The van der Waals surface area contributed by atoms with Crippen molar-refractivity contribution in [2.24, 2.45) is 0 Å². The molecule has 0 spiro atoms. The van der Waals surface area contributed by atoms with Gasteiger partial charge >= 0.3 is 16.8 Å². The van der Waals surface area contributed by atoms with Crippen LogP contribution in [-0.4, -0.2) is 0 Å². The van der Waals surface area contributed by atoms with E-state index in [1.807, 2.05) is 18.2 Å². The molecule has 1 radical (unpaired) electrons. The van der Waals surface area contributed by atoms with Gasteiger partial charge in [0.2, 0.25) is 0 Å². The van der Waals surface area contributed by atoms with Crippen LogP contribution in [-0.2, 0) is 16.8 Å². The van der Waals surface area contributed by atoms with E-state index in [-0.39, 0.29) is 16.8 Å². The molecule has 0 aromatic heterocycles. The Balaban J connectivity index is 0.000000246. The number of hydrogen-bond acceptors (Lipinski definition) is 0. The van der Waals surface area contributed by atoms with Gasteiger partial charge in [-0.1, -0.05) is 19.3 Å². The van der Waals surface area contributed by atoms with Gasteiger partial charge in [-0.3, -0.25) is 12.2 Å². The average molecular weight is 231 g/mol. The first-order chi connectivity index (χ1) is 6.50. The minimum Gasteiger partial charge on any atom is -0.275 e. The van der Waals surface area contributed by atoms with E-state index >= 15 is 0 Å². The van der Waals surface area contributed by atoms with Gasteiger partial charge in [0.1, 0.15) is 0 Å². The average Bonchev–Trinajstić information content (AvgIpc) is 2.58. The summed E-state index contributed by atoms with van der Waals surface area (Å²) in [7, 11) is 0. The predicted octanol–water partition coefficient (Wildman–Crippen LogP) is 3.78. The van der Waals surface area contributed by atoms with E-state index in [0.717, 1.165) is 12.8 Å². The summed E-state index contributed by atoms with van der Waals surface area (Å²) in [5.74, 6) is 0. The third-order valence-electron chi connectivity index (χ3n) is 1.88. The Hall–Kier alpha value is -0.534. The molecule has 77 valence electrons. The van der Waals surface area contributed by atoms with Crippen molar-refractivity contribution in [2.75, 3.05) is 0 Å². The van der Waals surface area contributed by atoms with Crippen LogP contribution in [0.4, 0.5) is 0 Å². The van der Waals surface area contributed by atoms with Crippen LogP contribution >= 0.6 is 0 Å². The molecule has 2 aliphatic rings. The van der Waals surface area contributed by atoms with Crippen LogP contribution in [0, 0.1) is 12.2 Å².